The summed E-state index contributed by atoms with van der Waals surface area (Å²) in [5.74, 6) is 5.32. The normalized spacial score (nSPS) is 26.1. The molecule has 1 fully saturated rings. The minimum atomic E-state index is -0.278. The fourth-order valence-electron chi connectivity index (χ4n) is 2.38. The van der Waals surface area contributed by atoms with E-state index in [4.69, 9.17) is 10.6 Å². The third kappa shape index (κ3) is 2.65. The second-order valence-electron chi connectivity index (χ2n) is 4.73. The molecule has 4 heteroatoms. The molecule has 2 rings (SSSR count). The molecule has 0 spiro atoms. The molecule has 1 heterocycles. The molecule has 3 unspecified atom stereocenters. The lowest BCUT2D eigenvalue weighted by Crippen LogP contribution is -2.37. The standard InChI is InChI=1S/C13H19FN2O/c1-8-3-5-11(14)10(7-8)13(16-15)12-6-4-9(2)17-12/h3,5,7,9,12-13,16H,4,6,15H2,1-2H3. The summed E-state index contributed by atoms with van der Waals surface area (Å²) in [4.78, 5) is 0. The van der Waals surface area contributed by atoms with Crippen LogP contribution in [0.15, 0.2) is 18.2 Å². The predicted octanol–water partition coefficient (Wildman–Crippen LogP) is 2.21. The predicted molar refractivity (Wildman–Crippen MR) is 64.8 cm³/mol. The Hall–Kier alpha value is -0.970. The second kappa shape index (κ2) is 5.12. The van der Waals surface area contributed by atoms with Crippen molar-refractivity contribution in [2.24, 2.45) is 5.84 Å². The quantitative estimate of drug-likeness (QED) is 0.627. The largest absolute Gasteiger partial charge is 0.373 e. The minimum Gasteiger partial charge on any atom is -0.373 e. The molecule has 0 amide bonds. The van der Waals surface area contributed by atoms with E-state index in [1.807, 2.05) is 19.9 Å². The molecule has 0 saturated carbocycles. The number of ether oxygens (including phenoxy) is 1. The van der Waals surface area contributed by atoms with Crippen LogP contribution in [-0.2, 0) is 4.74 Å². The smallest absolute Gasteiger partial charge is 0.128 e. The van der Waals surface area contributed by atoms with Crippen molar-refractivity contribution in [1.82, 2.24) is 5.43 Å². The highest BCUT2D eigenvalue weighted by Crippen LogP contribution is 2.31. The van der Waals surface area contributed by atoms with E-state index < -0.39 is 0 Å². The summed E-state index contributed by atoms with van der Waals surface area (Å²) in [5, 5.41) is 0. The van der Waals surface area contributed by atoms with Gasteiger partial charge in [-0.15, -0.1) is 0 Å². The molecule has 17 heavy (non-hydrogen) atoms. The number of aryl methyl sites for hydroxylation is 1. The fraction of sp³-hybridized carbons (Fsp3) is 0.538. The molecule has 0 aliphatic carbocycles. The molecule has 0 radical (unpaired) electrons. The molecule has 1 aromatic rings. The first-order valence-electron chi connectivity index (χ1n) is 5.99. The second-order valence-corrected chi connectivity index (χ2v) is 4.73. The van der Waals surface area contributed by atoms with Gasteiger partial charge in [0.05, 0.1) is 18.2 Å². The highest BCUT2D eigenvalue weighted by Gasteiger charge is 2.31. The molecule has 3 nitrogen and oxygen atoms in total. The Morgan fingerprint density at radius 3 is 2.82 bits per heavy atom. The van der Waals surface area contributed by atoms with Crippen LogP contribution in [0.1, 0.15) is 36.9 Å². The van der Waals surface area contributed by atoms with Gasteiger partial charge in [0.25, 0.3) is 0 Å². The van der Waals surface area contributed by atoms with Gasteiger partial charge in [0.1, 0.15) is 5.82 Å². The number of hydrogen-bond acceptors (Lipinski definition) is 3. The van der Waals surface area contributed by atoms with Gasteiger partial charge in [0, 0.05) is 5.56 Å². The van der Waals surface area contributed by atoms with Gasteiger partial charge in [-0.2, -0.15) is 0 Å². The van der Waals surface area contributed by atoms with Crippen LogP contribution >= 0.6 is 0 Å². The summed E-state index contributed by atoms with van der Waals surface area (Å²) in [6.45, 7) is 3.97. The van der Waals surface area contributed by atoms with Gasteiger partial charge in [0.15, 0.2) is 0 Å². The van der Waals surface area contributed by atoms with Crippen molar-refractivity contribution >= 4 is 0 Å². The lowest BCUT2D eigenvalue weighted by Gasteiger charge is -2.24. The first-order chi connectivity index (χ1) is 8.11. The van der Waals surface area contributed by atoms with Crippen molar-refractivity contribution in [3.8, 4) is 0 Å². The lowest BCUT2D eigenvalue weighted by molar-refractivity contribution is 0.0308. The summed E-state index contributed by atoms with van der Waals surface area (Å²) in [7, 11) is 0. The van der Waals surface area contributed by atoms with E-state index in [9.17, 15) is 4.39 Å². The van der Waals surface area contributed by atoms with Crippen LogP contribution in [0.5, 0.6) is 0 Å². The summed E-state index contributed by atoms with van der Waals surface area (Å²) in [6.07, 6.45) is 2.08. The Kier molecular flexibility index (Phi) is 3.76. The minimum absolute atomic E-state index is 0.0497. The molecular formula is C13H19FN2O. The summed E-state index contributed by atoms with van der Waals surface area (Å²) >= 11 is 0. The van der Waals surface area contributed by atoms with E-state index in [2.05, 4.69) is 5.43 Å². The molecule has 1 aliphatic rings. The van der Waals surface area contributed by atoms with Crippen molar-refractivity contribution < 1.29 is 9.13 Å². The first kappa shape index (κ1) is 12.5. The summed E-state index contributed by atoms with van der Waals surface area (Å²) in [5.41, 5.74) is 4.29. The molecule has 1 aromatic carbocycles. The zero-order chi connectivity index (χ0) is 12.4. The van der Waals surface area contributed by atoms with Gasteiger partial charge >= 0.3 is 0 Å². The van der Waals surface area contributed by atoms with Gasteiger partial charge < -0.3 is 4.74 Å². The Labute approximate surface area is 101 Å². The molecular weight excluding hydrogens is 219 g/mol. The van der Waals surface area contributed by atoms with E-state index in [-0.39, 0.29) is 24.1 Å². The van der Waals surface area contributed by atoms with Gasteiger partial charge in [0.2, 0.25) is 0 Å². The summed E-state index contributed by atoms with van der Waals surface area (Å²) in [6, 6.07) is 4.78. The van der Waals surface area contributed by atoms with Crippen LogP contribution in [0.2, 0.25) is 0 Å². The van der Waals surface area contributed by atoms with Crippen LogP contribution in [0.3, 0.4) is 0 Å². The van der Waals surface area contributed by atoms with Crippen LogP contribution in [0.25, 0.3) is 0 Å². The number of hydrazine groups is 1. The Morgan fingerprint density at radius 2 is 2.24 bits per heavy atom. The SMILES string of the molecule is Cc1ccc(F)c(C(NN)C2CCC(C)O2)c1. The number of nitrogens with one attached hydrogen (secondary N) is 1. The molecule has 0 bridgehead atoms. The van der Waals surface area contributed by atoms with Gasteiger partial charge in [-0.25, -0.2) is 4.39 Å². The zero-order valence-electron chi connectivity index (χ0n) is 10.2. The van der Waals surface area contributed by atoms with Crippen molar-refractivity contribution in [3.63, 3.8) is 0 Å². The Morgan fingerprint density at radius 1 is 1.47 bits per heavy atom. The molecule has 94 valence electrons. The Bertz CT molecular complexity index is 397. The maximum absolute atomic E-state index is 13.8. The number of nitrogens with two attached hydrogens (primary N) is 1. The average molecular weight is 238 g/mol. The van der Waals surface area contributed by atoms with E-state index in [0.717, 1.165) is 18.4 Å². The number of halogens is 1. The van der Waals surface area contributed by atoms with E-state index in [1.165, 1.54) is 6.07 Å². The maximum atomic E-state index is 13.8. The highest BCUT2D eigenvalue weighted by atomic mass is 19.1. The van der Waals surface area contributed by atoms with Crippen molar-refractivity contribution in [1.29, 1.82) is 0 Å². The molecule has 1 saturated heterocycles. The van der Waals surface area contributed by atoms with Crippen LogP contribution < -0.4 is 11.3 Å². The number of rotatable bonds is 3. The monoisotopic (exact) mass is 238 g/mol. The van der Waals surface area contributed by atoms with Crippen molar-refractivity contribution in [2.75, 3.05) is 0 Å². The van der Waals surface area contributed by atoms with E-state index in [1.54, 1.807) is 6.07 Å². The fourth-order valence-corrected chi connectivity index (χ4v) is 2.38. The van der Waals surface area contributed by atoms with Crippen molar-refractivity contribution in [3.05, 3.63) is 35.1 Å². The van der Waals surface area contributed by atoms with Gasteiger partial charge in [-0.1, -0.05) is 17.7 Å². The van der Waals surface area contributed by atoms with Crippen LogP contribution in [0.4, 0.5) is 4.39 Å². The van der Waals surface area contributed by atoms with Gasteiger partial charge in [-0.05, 0) is 32.8 Å². The molecule has 3 N–H and O–H groups in total. The van der Waals surface area contributed by atoms with Gasteiger partial charge in [-0.3, -0.25) is 11.3 Å². The molecule has 0 aromatic heterocycles. The third-order valence-electron chi connectivity index (χ3n) is 3.30. The topological polar surface area (TPSA) is 47.3 Å². The zero-order valence-corrected chi connectivity index (χ0v) is 10.2. The lowest BCUT2D eigenvalue weighted by atomic mass is 9.97. The molecule has 1 aliphatic heterocycles. The van der Waals surface area contributed by atoms with Crippen LogP contribution in [0, 0.1) is 12.7 Å². The number of hydrogen-bond donors (Lipinski definition) is 2. The van der Waals surface area contributed by atoms with E-state index in [0.29, 0.717) is 5.56 Å². The Balaban J connectivity index is 2.25. The average Bonchev–Trinajstić information content (AvgIpc) is 2.71. The maximum Gasteiger partial charge on any atom is 0.128 e. The number of benzene rings is 1. The summed E-state index contributed by atoms with van der Waals surface area (Å²) < 4.78 is 19.6. The van der Waals surface area contributed by atoms with Crippen LogP contribution in [-0.4, -0.2) is 12.2 Å². The third-order valence-corrected chi connectivity index (χ3v) is 3.30. The van der Waals surface area contributed by atoms with Crippen molar-refractivity contribution in [2.45, 2.75) is 44.9 Å². The molecule has 3 atom stereocenters. The van der Waals surface area contributed by atoms with E-state index >= 15 is 0 Å². The highest BCUT2D eigenvalue weighted by molar-refractivity contribution is 5.27. The first-order valence-corrected chi connectivity index (χ1v) is 5.99.